The molecule has 2 aliphatic rings. The molecule has 0 bridgehead atoms. The second kappa shape index (κ2) is 7.23. The van der Waals surface area contributed by atoms with Gasteiger partial charge in [0.25, 0.3) is 0 Å². The Morgan fingerprint density at radius 1 is 1.41 bits per heavy atom. The summed E-state index contributed by atoms with van der Waals surface area (Å²) in [6.45, 7) is 7.00. The zero-order valence-electron chi connectivity index (χ0n) is 16.2. The fourth-order valence-corrected chi connectivity index (χ4v) is 5.42. The molecule has 3 rings (SSSR count). The number of aromatic nitrogens is 2. The number of imide groups is 1. The third-order valence-corrected chi connectivity index (χ3v) is 7.33. The standard InChI is InChI=1S/C17H27N5O4S/c1-11-15(12(2)22(19-11)14-5-8-27(25,26)10-14)9-20(4)13(3)16(23)21-7-6-18-17(21)24/h13-14H,5-10H2,1-4H3,(H,18,24)/t13-,14+/m0/s1. The Labute approximate surface area is 159 Å². The fourth-order valence-electron chi connectivity index (χ4n) is 3.73. The third-order valence-electron chi connectivity index (χ3n) is 5.58. The van der Waals surface area contributed by atoms with Crippen molar-refractivity contribution in [3.8, 4) is 0 Å². The van der Waals surface area contributed by atoms with Crippen LogP contribution in [0.15, 0.2) is 0 Å². The Kier molecular flexibility index (Phi) is 5.31. The molecule has 0 radical (unpaired) electrons. The van der Waals surface area contributed by atoms with Gasteiger partial charge in [0, 0.05) is 30.9 Å². The number of nitrogens with zero attached hydrogens (tertiary/aromatic N) is 4. The molecule has 1 aromatic rings. The van der Waals surface area contributed by atoms with Crippen molar-refractivity contribution >= 4 is 21.8 Å². The van der Waals surface area contributed by atoms with Gasteiger partial charge in [-0.1, -0.05) is 0 Å². The van der Waals surface area contributed by atoms with Gasteiger partial charge in [-0.2, -0.15) is 5.10 Å². The van der Waals surface area contributed by atoms with Crippen LogP contribution in [-0.2, 0) is 21.2 Å². The van der Waals surface area contributed by atoms with Crippen molar-refractivity contribution in [1.29, 1.82) is 0 Å². The van der Waals surface area contributed by atoms with E-state index in [4.69, 9.17) is 0 Å². The molecule has 10 heteroatoms. The average molecular weight is 398 g/mol. The van der Waals surface area contributed by atoms with Crippen molar-refractivity contribution in [3.05, 3.63) is 17.0 Å². The summed E-state index contributed by atoms with van der Waals surface area (Å²) < 4.78 is 25.4. The molecular formula is C17H27N5O4S. The largest absolute Gasteiger partial charge is 0.336 e. The van der Waals surface area contributed by atoms with E-state index in [1.54, 1.807) is 6.92 Å². The van der Waals surface area contributed by atoms with E-state index in [0.29, 0.717) is 26.1 Å². The average Bonchev–Trinajstić information content (AvgIpc) is 3.26. The first-order valence-electron chi connectivity index (χ1n) is 9.15. The van der Waals surface area contributed by atoms with Gasteiger partial charge in [-0.15, -0.1) is 0 Å². The number of carbonyl (C=O) groups is 2. The number of hydrogen-bond acceptors (Lipinski definition) is 6. The molecule has 2 fully saturated rings. The molecule has 3 heterocycles. The van der Waals surface area contributed by atoms with Crippen LogP contribution in [0.4, 0.5) is 4.79 Å². The smallest absolute Gasteiger partial charge is 0.324 e. The SMILES string of the molecule is Cc1nn([C@@H]2CCS(=O)(=O)C2)c(C)c1CN(C)[C@@H](C)C(=O)N1CCNC1=O. The molecule has 9 nitrogen and oxygen atoms in total. The molecule has 2 saturated heterocycles. The lowest BCUT2D eigenvalue weighted by atomic mass is 10.1. The Balaban J connectivity index is 1.73. The van der Waals surface area contributed by atoms with Crippen molar-refractivity contribution < 1.29 is 18.0 Å². The first kappa shape index (κ1) is 19.8. The fraction of sp³-hybridized carbons (Fsp3) is 0.706. The van der Waals surface area contributed by atoms with Crippen molar-refractivity contribution in [2.75, 3.05) is 31.6 Å². The van der Waals surface area contributed by atoms with Gasteiger partial charge >= 0.3 is 6.03 Å². The van der Waals surface area contributed by atoms with Crippen molar-refractivity contribution in [3.63, 3.8) is 0 Å². The quantitative estimate of drug-likeness (QED) is 0.763. The Morgan fingerprint density at radius 3 is 2.67 bits per heavy atom. The molecule has 0 unspecified atom stereocenters. The minimum atomic E-state index is -2.99. The maximum absolute atomic E-state index is 12.6. The van der Waals surface area contributed by atoms with Crippen molar-refractivity contribution in [2.24, 2.45) is 0 Å². The minimum Gasteiger partial charge on any atom is -0.336 e. The molecule has 2 atom stereocenters. The first-order chi connectivity index (χ1) is 12.6. The predicted octanol–water partition coefficient (Wildman–Crippen LogP) is 0.232. The zero-order chi connectivity index (χ0) is 19.9. The van der Waals surface area contributed by atoms with Crippen LogP contribution in [0.5, 0.6) is 0 Å². The summed E-state index contributed by atoms with van der Waals surface area (Å²) in [4.78, 5) is 27.4. The van der Waals surface area contributed by atoms with Crippen molar-refractivity contribution in [2.45, 2.75) is 45.8 Å². The van der Waals surface area contributed by atoms with E-state index in [1.165, 1.54) is 4.90 Å². The lowest BCUT2D eigenvalue weighted by Gasteiger charge is -2.26. The number of nitrogens with one attached hydrogen (secondary N) is 1. The third kappa shape index (κ3) is 3.86. The highest BCUT2D eigenvalue weighted by Gasteiger charge is 2.33. The first-order valence-corrected chi connectivity index (χ1v) is 11.0. The number of carbonyl (C=O) groups excluding carboxylic acids is 2. The molecule has 0 aromatic carbocycles. The highest BCUT2D eigenvalue weighted by molar-refractivity contribution is 7.91. The number of rotatable bonds is 5. The highest BCUT2D eigenvalue weighted by atomic mass is 32.2. The second-order valence-electron chi connectivity index (χ2n) is 7.46. The van der Waals surface area contributed by atoms with Crippen molar-refractivity contribution in [1.82, 2.24) is 24.9 Å². The van der Waals surface area contributed by atoms with Crippen LogP contribution >= 0.6 is 0 Å². The summed E-state index contributed by atoms with van der Waals surface area (Å²) in [6, 6.07) is -0.925. The molecule has 0 spiro atoms. The highest BCUT2D eigenvalue weighted by Crippen LogP contribution is 2.27. The van der Waals surface area contributed by atoms with Gasteiger partial charge in [-0.25, -0.2) is 13.2 Å². The van der Waals surface area contributed by atoms with Gasteiger partial charge in [0.15, 0.2) is 9.84 Å². The topological polar surface area (TPSA) is 105 Å². The van der Waals surface area contributed by atoms with Crippen LogP contribution in [0.2, 0.25) is 0 Å². The summed E-state index contributed by atoms with van der Waals surface area (Å²) >= 11 is 0. The molecule has 27 heavy (non-hydrogen) atoms. The minimum absolute atomic E-state index is 0.125. The van der Waals surface area contributed by atoms with E-state index in [2.05, 4.69) is 10.4 Å². The monoisotopic (exact) mass is 397 g/mol. The number of aryl methyl sites for hydroxylation is 1. The molecule has 1 aromatic heterocycles. The number of hydrogen-bond donors (Lipinski definition) is 1. The summed E-state index contributed by atoms with van der Waals surface area (Å²) in [5.41, 5.74) is 2.76. The Hall–Kier alpha value is -1.94. The van der Waals surface area contributed by atoms with Crippen LogP contribution in [0.1, 0.15) is 36.3 Å². The summed E-state index contributed by atoms with van der Waals surface area (Å²) in [5, 5.41) is 7.21. The van der Waals surface area contributed by atoms with Gasteiger partial charge < -0.3 is 5.32 Å². The number of urea groups is 1. The van der Waals surface area contributed by atoms with E-state index in [1.807, 2.05) is 30.5 Å². The van der Waals surface area contributed by atoms with Gasteiger partial charge in [-0.05, 0) is 34.2 Å². The van der Waals surface area contributed by atoms with Crippen LogP contribution < -0.4 is 5.32 Å². The van der Waals surface area contributed by atoms with Crippen LogP contribution in [0, 0.1) is 13.8 Å². The van der Waals surface area contributed by atoms with Gasteiger partial charge in [0.1, 0.15) is 0 Å². The van der Waals surface area contributed by atoms with E-state index in [0.717, 1.165) is 17.0 Å². The molecule has 3 amide bonds. The Bertz CT molecular complexity index is 863. The number of likely N-dealkylation sites (N-methyl/N-ethyl adjacent to an activating group) is 1. The number of amides is 3. The van der Waals surface area contributed by atoms with Gasteiger partial charge in [0.2, 0.25) is 5.91 Å². The van der Waals surface area contributed by atoms with E-state index < -0.39 is 15.9 Å². The lowest BCUT2D eigenvalue weighted by molar-refractivity contribution is -0.132. The lowest BCUT2D eigenvalue weighted by Crippen LogP contribution is -2.46. The number of sulfone groups is 1. The summed E-state index contributed by atoms with van der Waals surface area (Å²) in [6.07, 6.45) is 0.582. The van der Waals surface area contributed by atoms with Crippen LogP contribution in [0.25, 0.3) is 0 Å². The predicted molar refractivity (Wildman–Crippen MR) is 100 cm³/mol. The summed E-state index contributed by atoms with van der Waals surface area (Å²) in [5.74, 6) is 0.106. The molecule has 1 N–H and O–H groups in total. The van der Waals surface area contributed by atoms with Gasteiger partial charge in [-0.3, -0.25) is 19.3 Å². The summed E-state index contributed by atoms with van der Waals surface area (Å²) in [7, 11) is -1.15. The Morgan fingerprint density at radius 2 is 2.11 bits per heavy atom. The van der Waals surface area contributed by atoms with Crippen LogP contribution in [-0.4, -0.2) is 77.6 Å². The second-order valence-corrected chi connectivity index (χ2v) is 9.69. The van der Waals surface area contributed by atoms with E-state index in [-0.39, 0.29) is 29.5 Å². The zero-order valence-corrected chi connectivity index (χ0v) is 17.0. The van der Waals surface area contributed by atoms with Gasteiger partial charge in [0.05, 0.1) is 29.3 Å². The van der Waals surface area contributed by atoms with E-state index in [9.17, 15) is 18.0 Å². The molecule has 0 aliphatic carbocycles. The molecule has 150 valence electrons. The van der Waals surface area contributed by atoms with E-state index >= 15 is 0 Å². The molecule has 0 saturated carbocycles. The maximum atomic E-state index is 12.6. The molecular weight excluding hydrogens is 370 g/mol. The normalized spacial score (nSPS) is 23.1. The molecule has 2 aliphatic heterocycles. The van der Waals surface area contributed by atoms with Crippen LogP contribution in [0.3, 0.4) is 0 Å². The maximum Gasteiger partial charge on any atom is 0.324 e.